The lowest BCUT2D eigenvalue weighted by Crippen LogP contribution is -2.29. The highest BCUT2D eigenvalue weighted by molar-refractivity contribution is 5.75. The zero-order chi connectivity index (χ0) is 11.9. The van der Waals surface area contributed by atoms with Crippen molar-refractivity contribution in [3.05, 3.63) is 0 Å². The fourth-order valence-corrected chi connectivity index (χ4v) is 0.650. The molecule has 0 aliphatic heterocycles. The molecule has 0 rings (SSSR count). The second kappa shape index (κ2) is 6.23. The number of carboxylic acids is 1. The van der Waals surface area contributed by atoms with Gasteiger partial charge < -0.3 is 5.11 Å². The number of hydrogen-bond donors (Lipinski definition) is 2. The summed E-state index contributed by atoms with van der Waals surface area (Å²) in [6.45, 7) is -1.57. The highest BCUT2D eigenvalue weighted by Crippen LogP contribution is 2.13. The van der Waals surface area contributed by atoms with Gasteiger partial charge >= 0.3 is 12.1 Å². The van der Waals surface area contributed by atoms with Crippen molar-refractivity contribution in [3.8, 4) is 0 Å². The molecule has 0 radical (unpaired) electrons. The Morgan fingerprint density at radius 2 is 1.87 bits per heavy atom. The molecule has 88 valence electrons. The Hall–Kier alpha value is -1.31. The van der Waals surface area contributed by atoms with Crippen LogP contribution < -0.4 is 5.48 Å². The number of hydroxylamine groups is 1. The lowest BCUT2D eigenvalue weighted by Gasteiger charge is -2.07. The molecule has 0 aromatic carbocycles. The van der Waals surface area contributed by atoms with Gasteiger partial charge in [-0.05, 0) is 6.42 Å². The van der Waals surface area contributed by atoms with E-state index in [0.29, 0.717) is 0 Å². The standard InChI is InChI=1S/C7H10F3NO4/c8-7(9,10)4-15-11-5(12)2-1-3-6(13)14/h1-4H2,(H,11,12)(H,13,14). The summed E-state index contributed by atoms with van der Waals surface area (Å²) in [6.07, 6.45) is -4.86. The number of nitrogens with one attached hydrogen (secondary N) is 1. The Bertz CT molecular complexity index is 229. The van der Waals surface area contributed by atoms with E-state index in [-0.39, 0.29) is 19.3 Å². The minimum absolute atomic E-state index is 0.0521. The highest BCUT2D eigenvalue weighted by Gasteiger charge is 2.28. The number of amides is 1. The molecule has 15 heavy (non-hydrogen) atoms. The van der Waals surface area contributed by atoms with Gasteiger partial charge in [0.25, 0.3) is 0 Å². The molecular formula is C7H10F3NO4. The van der Waals surface area contributed by atoms with Gasteiger partial charge in [0.1, 0.15) is 0 Å². The average Bonchev–Trinajstić information content (AvgIpc) is 2.00. The van der Waals surface area contributed by atoms with Crippen LogP contribution in [0.4, 0.5) is 13.2 Å². The Kier molecular flexibility index (Phi) is 5.68. The summed E-state index contributed by atoms with van der Waals surface area (Å²) in [5.41, 5.74) is 1.56. The van der Waals surface area contributed by atoms with Crippen molar-refractivity contribution in [2.45, 2.75) is 25.4 Å². The number of carbonyl (C=O) groups is 2. The number of alkyl halides is 3. The molecule has 0 bridgehead atoms. The molecule has 5 nitrogen and oxygen atoms in total. The highest BCUT2D eigenvalue weighted by atomic mass is 19.4. The molecule has 0 aliphatic rings. The predicted octanol–water partition coefficient (Wildman–Crippen LogP) is 0.851. The molecule has 0 atom stereocenters. The topological polar surface area (TPSA) is 75.6 Å². The summed E-state index contributed by atoms with van der Waals surface area (Å²) in [6, 6.07) is 0. The minimum atomic E-state index is -4.51. The van der Waals surface area contributed by atoms with Gasteiger partial charge in [0.15, 0.2) is 6.61 Å². The molecule has 0 fully saturated rings. The zero-order valence-corrected chi connectivity index (χ0v) is 7.63. The van der Waals surface area contributed by atoms with Gasteiger partial charge in [-0.3, -0.25) is 14.4 Å². The van der Waals surface area contributed by atoms with Gasteiger partial charge in [-0.2, -0.15) is 13.2 Å². The van der Waals surface area contributed by atoms with Crippen molar-refractivity contribution in [2.75, 3.05) is 6.61 Å². The van der Waals surface area contributed by atoms with E-state index in [1.807, 2.05) is 0 Å². The van der Waals surface area contributed by atoms with Crippen LogP contribution in [0, 0.1) is 0 Å². The lowest BCUT2D eigenvalue weighted by molar-refractivity contribution is -0.191. The maximum atomic E-state index is 11.5. The maximum Gasteiger partial charge on any atom is 0.414 e. The molecule has 8 heteroatoms. The molecule has 0 aromatic rings. The van der Waals surface area contributed by atoms with Gasteiger partial charge in [0.05, 0.1) is 0 Å². The number of aliphatic carboxylic acids is 1. The molecule has 2 N–H and O–H groups in total. The van der Waals surface area contributed by atoms with E-state index in [4.69, 9.17) is 5.11 Å². The van der Waals surface area contributed by atoms with Crippen LogP contribution in [-0.4, -0.2) is 29.8 Å². The summed E-state index contributed by atoms with van der Waals surface area (Å²) in [5, 5.41) is 8.20. The summed E-state index contributed by atoms with van der Waals surface area (Å²) in [7, 11) is 0. The quantitative estimate of drug-likeness (QED) is 0.662. The van der Waals surface area contributed by atoms with E-state index in [2.05, 4.69) is 4.84 Å². The van der Waals surface area contributed by atoms with Crippen molar-refractivity contribution in [1.82, 2.24) is 5.48 Å². The van der Waals surface area contributed by atoms with Gasteiger partial charge in [0, 0.05) is 12.8 Å². The molecule has 0 aromatic heterocycles. The first-order valence-electron chi connectivity index (χ1n) is 4.00. The monoisotopic (exact) mass is 229 g/mol. The van der Waals surface area contributed by atoms with E-state index in [9.17, 15) is 22.8 Å². The summed E-state index contributed by atoms with van der Waals surface area (Å²) >= 11 is 0. The summed E-state index contributed by atoms with van der Waals surface area (Å²) in [4.78, 5) is 24.6. The van der Waals surface area contributed by atoms with Crippen molar-refractivity contribution in [1.29, 1.82) is 0 Å². The van der Waals surface area contributed by atoms with Gasteiger partial charge in [0.2, 0.25) is 5.91 Å². The molecule has 0 spiro atoms. The summed E-state index contributed by atoms with van der Waals surface area (Å²) < 4.78 is 34.5. The fourth-order valence-electron chi connectivity index (χ4n) is 0.650. The number of halogens is 3. The summed E-state index contributed by atoms with van der Waals surface area (Å²) in [5.74, 6) is -1.85. The third-order valence-electron chi connectivity index (χ3n) is 1.22. The van der Waals surface area contributed by atoms with Crippen LogP contribution in [-0.2, 0) is 14.4 Å². The van der Waals surface area contributed by atoms with E-state index >= 15 is 0 Å². The van der Waals surface area contributed by atoms with Crippen LogP contribution in [0.25, 0.3) is 0 Å². The second-order valence-electron chi connectivity index (χ2n) is 2.68. The Labute approximate surface area is 83.2 Å². The van der Waals surface area contributed by atoms with E-state index < -0.39 is 24.7 Å². The van der Waals surface area contributed by atoms with Crippen molar-refractivity contribution < 1.29 is 32.7 Å². The second-order valence-corrected chi connectivity index (χ2v) is 2.68. The average molecular weight is 229 g/mol. The minimum Gasteiger partial charge on any atom is -0.481 e. The Balaban J connectivity index is 3.46. The van der Waals surface area contributed by atoms with Crippen molar-refractivity contribution >= 4 is 11.9 Å². The van der Waals surface area contributed by atoms with Crippen molar-refractivity contribution in [3.63, 3.8) is 0 Å². The molecular weight excluding hydrogens is 219 g/mol. The smallest absolute Gasteiger partial charge is 0.414 e. The van der Waals surface area contributed by atoms with Crippen molar-refractivity contribution in [2.24, 2.45) is 0 Å². The zero-order valence-electron chi connectivity index (χ0n) is 7.63. The Morgan fingerprint density at radius 3 is 2.33 bits per heavy atom. The Morgan fingerprint density at radius 1 is 1.27 bits per heavy atom. The molecule has 0 aliphatic carbocycles. The van der Waals surface area contributed by atoms with Gasteiger partial charge in [-0.1, -0.05) is 0 Å². The molecule has 0 heterocycles. The van der Waals surface area contributed by atoms with Crippen LogP contribution in [0.15, 0.2) is 0 Å². The number of carboxylic acid groups (broad SMARTS) is 1. The van der Waals surface area contributed by atoms with Crippen LogP contribution in [0.1, 0.15) is 19.3 Å². The number of hydrogen-bond acceptors (Lipinski definition) is 3. The van der Waals surface area contributed by atoms with E-state index in [0.717, 1.165) is 0 Å². The SMILES string of the molecule is O=C(O)CCCC(=O)NOCC(F)(F)F. The lowest BCUT2D eigenvalue weighted by atomic mass is 10.2. The fraction of sp³-hybridized carbons (Fsp3) is 0.714. The van der Waals surface area contributed by atoms with Crippen LogP contribution >= 0.6 is 0 Å². The third-order valence-corrected chi connectivity index (χ3v) is 1.22. The van der Waals surface area contributed by atoms with Crippen LogP contribution in [0.2, 0.25) is 0 Å². The van der Waals surface area contributed by atoms with E-state index in [1.54, 1.807) is 5.48 Å². The number of rotatable bonds is 6. The number of carbonyl (C=O) groups excluding carboxylic acids is 1. The van der Waals surface area contributed by atoms with Gasteiger partial charge in [-0.15, -0.1) is 0 Å². The van der Waals surface area contributed by atoms with Gasteiger partial charge in [-0.25, -0.2) is 5.48 Å². The first-order valence-corrected chi connectivity index (χ1v) is 4.00. The van der Waals surface area contributed by atoms with Crippen LogP contribution in [0.3, 0.4) is 0 Å². The maximum absolute atomic E-state index is 11.5. The molecule has 0 saturated heterocycles. The molecule has 1 amide bonds. The van der Waals surface area contributed by atoms with E-state index in [1.165, 1.54) is 0 Å². The molecule has 0 unspecified atom stereocenters. The predicted molar refractivity (Wildman–Crippen MR) is 41.6 cm³/mol. The normalized spacial score (nSPS) is 11.1. The first kappa shape index (κ1) is 13.7. The molecule has 0 saturated carbocycles. The first-order chi connectivity index (χ1) is 6.81. The third kappa shape index (κ3) is 10.6. The largest absolute Gasteiger partial charge is 0.481 e. The van der Waals surface area contributed by atoms with Crippen LogP contribution in [0.5, 0.6) is 0 Å².